The van der Waals surface area contributed by atoms with Crippen LogP contribution < -0.4 is 16.9 Å². The van der Waals surface area contributed by atoms with Crippen molar-refractivity contribution < 1.29 is 10.0 Å². The van der Waals surface area contributed by atoms with Crippen LogP contribution in [-0.2, 0) is 0 Å². The van der Waals surface area contributed by atoms with Gasteiger partial charge in [-0.2, -0.15) is 0 Å². The standard InChI is InChI=1S/C12H12N2S.C6H8BNO2/c13-10-3-1-2-9(6-10)11-7-14-12(15-11)8-4-5-8;8-6-3-1-2-5(4-6)7(9)10/h1-3,6-8H,4-5,13H2;1-4,9-10H,8H2. The molecule has 25 heavy (non-hydrogen) atoms. The van der Waals surface area contributed by atoms with Crippen LogP contribution in [0.25, 0.3) is 10.4 Å². The molecule has 0 atom stereocenters. The van der Waals surface area contributed by atoms with Crippen LogP contribution in [0.15, 0.2) is 54.7 Å². The second kappa shape index (κ2) is 7.69. The van der Waals surface area contributed by atoms with E-state index in [-0.39, 0.29) is 0 Å². The van der Waals surface area contributed by atoms with Crippen LogP contribution in [0.5, 0.6) is 0 Å². The van der Waals surface area contributed by atoms with Crippen LogP contribution in [0.2, 0.25) is 0 Å². The van der Waals surface area contributed by atoms with Crippen molar-refractivity contribution >= 4 is 35.3 Å². The summed E-state index contributed by atoms with van der Waals surface area (Å²) in [5.74, 6) is 0.741. The number of anilines is 2. The lowest BCUT2D eigenvalue weighted by Crippen LogP contribution is -2.29. The zero-order valence-electron chi connectivity index (χ0n) is 13.7. The summed E-state index contributed by atoms with van der Waals surface area (Å²) in [6.45, 7) is 0. The third-order valence-electron chi connectivity index (χ3n) is 3.83. The molecule has 7 heteroatoms. The van der Waals surface area contributed by atoms with Gasteiger partial charge in [0.25, 0.3) is 0 Å². The van der Waals surface area contributed by atoms with Crippen LogP contribution in [0.4, 0.5) is 11.4 Å². The van der Waals surface area contributed by atoms with E-state index in [0.29, 0.717) is 11.2 Å². The van der Waals surface area contributed by atoms with Crippen LogP contribution in [0.3, 0.4) is 0 Å². The van der Waals surface area contributed by atoms with Gasteiger partial charge in [0.2, 0.25) is 0 Å². The van der Waals surface area contributed by atoms with E-state index in [9.17, 15) is 0 Å². The molecule has 0 spiro atoms. The molecule has 1 heterocycles. The molecule has 2 aromatic carbocycles. The molecule has 0 bridgehead atoms. The van der Waals surface area contributed by atoms with E-state index in [2.05, 4.69) is 11.1 Å². The molecule has 1 saturated carbocycles. The van der Waals surface area contributed by atoms with Crippen molar-refractivity contribution in [2.24, 2.45) is 0 Å². The van der Waals surface area contributed by atoms with Crippen LogP contribution in [-0.4, -0.2) is 22.2 Å². The average Bonchev–Trinajstić information content (AvgIpc) is 3.32. The van der Waals surface area contributed by atoms with E-state index in [0.717, 1.165) is 11.6 Å². The van der Waals surface area contributed by atoms with Gasteiger partial charge in [-0.15, -0.1) is 11.3 Å². The van der Waals surface area contributed by atoms with E-state index in [4.69, 9.17) is 21.5 Å². The Morgan fingerprint density at radius 1 is 1.00 bits per heavy atom. The van der Waals surface area contributed by atoms with Crippen molar-refractivity contribution in [3.05, 3.63) is 59.7 Å². The summed E-state index contributed by atoms with van der Waals surface area (Å²) in [6.07, 6.45) is 4.58. The van der Waals surface area contributed by atoms with Gasteiger partial charge >= 0.3 is 7.12 Å². The van der Waals surface area contributed by atoms with Gasteiger partial charge in [-0.05, 0) is 48.1 Å². The van der Waals surface area contributed by atoms with E-state index in [1.165, 1.54) is 34.4 Å². The number of hydrogen-bond acceptors (Lipinski definition) is 6. The van der Waals surface area contributed by atoms with Gasteiger partial charge < -0.3 is 21.5 Å². The molecule has 0 saturated heterocycles. The van der Waals surface area contributed by atoms with Gasteiger partial charge in [0.05, 0.1) is 9.88 Å². The lowest BCUT2D eigenvalue weighted by Gasteiger charge is -1.98. The summed E-state index contributed by atoms with van der Waals surface area (Å²) in [4.78, 5) is 5.69. The number of thiazole rings is 1. The van der Waals surface area contributed by atoms with Gasteiger partial charge in [0, 0.05) is 23.5 Å². The van der Waals surface area contributed by atoms with Gasteiger partial charge in [0.1, 0.15) is 0 Å². The minimum Gasteiger partial charge on any atom is -0.423 e. The molecule has 1 aliphatic carbocycles. The largest absolute Gasteiger partial charge is 0.488 e. The maximum Gasteiger partial charge on any atom is 0.488 e. The van der Waals surface area contributed by atoms with Crippen molar-refractivity contribution in [3.8, 4) is 10.4 Å². The first-order valence-electron chi connectivity index (χ1n) is 8.06. The highest BCUT2D eigenvalue weighted by atomic mass is 32.1. The molecular formula is C18H20BN3O2S. The Balaban J connectivity index is 0.000000160. The van der Waals surface area contributed by atoms with Crippen molar-refractivity contribution in [1.29, 1.82) is 0 Å². The first-order valence-corrected chi connectivity index (χ1v) is 8.88. The Labute approximate surface area is 151 Å². The Bertz CT molecular complexity index is 850. The highest BCUT2D eigenvalue weighted by Gasteiger charge is 2.26. The average molecular weight is 353 g/mol. The lowest BCUT2D eigenvalue weighted by atomic mass is 9.80. The zero-order valence-corrected chi connectivity index (χ0v) is 14.5. The Hall–Kier alpha value is -2.35. The maximum absolute atomic E-state index is 8.65. The molecule has 1 aliphatic rings. The predicted octanol–water partition coefficient (Wildman–Crippen LogP) is 2.22. The number of aromatic nitrogens is 1. The quantitative estimate of drug-likeness (QED) is 0.427. The molecule has 3 aromatic rings. The van der Waals surface area contributed by atoms with E-state index >= 15 is 0 Å². The smallest absolute Gasteiger partial charge is 0.423 e. The predicted molar refractivity (Wildman–Crippen MR) is 105 cm³/mol. The molecular weight excluding hydrogens is 333 g/mol. The van der Waals surface area contributed by atoms with Gasteiger partial charge in [0.15, 0.2) is 0 Å². The fourth-order valence-corrected chi connectivity index (χ4v) is 3.43. The molecule has 1 aromatic heterocycles. The molecule has 0 radical (unpaired) electrons. The second-order valence-corrected chi connectivity index (χ2v) is 7.07. The first-order chi connectivity index (χ1) is 12.0. The van der Waals surface area contributed by atoms with E-state index in [1.807, 2.05) is 24.4 Å². The Morgan fingerprint density at radius 2 is 1.68 bits per heavy atom. The maximum atomic E-state index is 8.65. The van der Waals surface area contributed by atoms with Crippen molar-refractivity contribution in [1.82, 2.24) is 4.98 Å². The molecule has 6 N–H and O–H groups in total. The first kappa shape index (κ1) is 17.5. The van der Waals surface area contributed by atoms with E-state index < -0.39 is 7.12 Å². The van der Waals surface area contributed by atoms with Crippen molar-refractivity contribution in [2.45, 2.75) is 18.8 Å². The molecule has 4 rings (SSSR count). The molecule has 128 valence electrons. The minimum atomic E-state index is -1.43. The lowest BCUT2D eigenvalue weighted by molar-refractivity contribution is 0.426. The monoisotopic (exact) mass is 353 g/mol. The normalized spacial score (nSPS) is 13.0. The highest BCUT2D eigenvalue weighted by molar-refractivity contribution is 7.15. The second-order valence-electron chi connectivity index (χ2n) is 6.01. The molecule has 0 amide bonds. The number of nitrogen functional groups attached to an aromatic ring is 2. The van der Waals surface area contributed by atoms with Gasteiger partial charge in [-0.25, -0.2) is 4.98 Å². The van der Waals surface area contributed by atoms with Crippen LogP contribution in [0.1, 0.15) is 23.8 Å². The van der Waals surface area contributed by atoms with Crippen LogP contribution in [0, 0.1) is 0 Å². The molecule has 1 fully saturated rings. The molecule has 0 aliphatic heterocycles. The third kappa shape index (κ3) is 4.82. The number of nitrogens with two attached hydrogens (primary N) is 2. The summed E-state index contributed by atoms with van der Waals surface area (Å²) in [5.41, 5.74) is 14.1. The third-order valence-corrected chi connectivity index (χ3v) is 5.04. The number of hydrogen-bond donors (Lipinski definition) is 4. The number of benzene rings is 2. The fourth-order valence-electron chi connectivity index (χ4n) is 2.35. The summed E-state index contributed by atoms with van der Waals surface area (Å²) in [5, 5.41) is 18.6. The molecule has 0 unspecified atom stereocenters. The minimum absolute atomic E-state index is 0.417. The van der Waals surface area contributed by atoms with Crippen LogP contribution >= 0.6 is 11.3 Å². The topological polar surface area (TPSA) is 105 Å². The number of rotatable bonds is 3. The Morgan fingerprint density at radius 3 is 2.24 bits per heavy atom. The fraction of sp³-hybridized carbons (Fsp3) is 0.167. The summed E-state index contributed by atoms with van der Waals surface area (Å²) < 4.78 is 0. The SMILES string of the molecule is Nc1cccc(-c2cnc(C3CC3)s2)c1.Nc1cccc(B(O)O)c1. The number of nitrogens with zero attached hydrogens (tertiary/aromatic N) is 1. The zero-order chi connectivity index (χ0) is 17.8. The van der Waals surface area contributed by atoms with Gasteiger partial charge in [-0.1, -0.05) is 24.3 Å². The Kier molecular flexibility index (Phi) is 5.38. The van der Waals surface area contributed by atoms with Gasteiger partial charge in [-0.3, -0.25) is 0 Å². The summed E-state index contributed by atoms with van der Waals surface area (Å²) >= 11 is 1.80. The van der Waals surface area contributed by atoms with Crippen molar-refractivity contribution in [2.75, 3.05) is 11.5 Å². The summed E-state index contributed by atoms with van der Waals surface area (Å²) in [7, 11) is -1.43. The van der Waals surface area contributed by atoms with Crippen molar-refractivity contribution in [3.63, 3.8) is 0 Å². The summed E-state index contributed by atoms with van der Waals surface area (Å²) in [6, 6.07) is 14.5. The highest BCUT2D eigenvalue weighted by Crippen LogP contribution is 2.43. The molecule has 5 nitrogen and oxygen atoms in total. The van der Waals surface area contributed by atoms with E-state index in [1.54, 1.807) is 29.5 Å².